The molecule has 0 radical (unpaired) electrons. The van der Waals surface area contributed by atoms with Crippen molar-refractivity contribution >= 4 is 33.9 Å². The number of thiazole rings is 1. The summed E-state index contributed by atoms with van der Waals surface area (Å²) in [6, 6.07) is 10.4. The van der Waals surface area contributed by atoms with Gasteiger partial charge in [0.05, 0.1) is 4.70 Å². The highest BCUT2D eigenvalue weighted by Crippen LogP contribution is 2.20. The van der Waals surface area contributed by atoms with E-state index in [0.29, 0.717) is 0 Å². The zero-order valence-corrected chi connectivity index (χ0v) is 11.2. The second-order valence-electron chi connectivity index (χ2n) is 3.97. The smallest absolute Gasteiger partial charge is 0.163 e. The summed E-state index contributed by atoms with van der Waals surface area (Å²) in [7, 11) is 0. The lowest BCUT2D eigenvalue weighted by atomic mass is 10.1. The molecule has 3 nitrogen and oxygen atoms in total. The van der Waals surface area contributed by atoms with Gasteiger partial charge in [0.25, 0.3) is 0 Å². The summed E-state index contributed by atoms with van der Waals surface area (Å²) in [6.45, 7) is 0.861. The summed E-state index contributed by atoms with van der Waals surface area (Å²) in [5, 5.41) is 0. The van der Waals surface area contributed by atoms with Crippen LogP contribution in [0.3, 0.4) is 0 Å². The third-order valence-electron chi connectivity index (χ3n) is 2.80. The number of rotatable bonds is 3. The molecule has 3 rings (SSSR count). The molecule has 18 heavy (non-hydrogen) atoms. The molecular weight excluding hydrogens is 262 g/mol. The van der Waals surface area contributed by atoms with Crippen LogP contribution in [0.25, 0.3) is 10.3 Å². The van der Waals surface area contributed by atoms with Crippen LogP contribution < -0.4 is 0 Å². The first kappa shape index (κ1) is 11.5. The molecule has 0 saturated carbocycles. The van der Waals surface area contributed by atoms with Gasteiger partial charge < -0.3 is 4.57 Å². The van der Waals surface area contributed by atoms with Crippen molar-refractivity contribution in [3.63, 3.8) is 0 Å². The van der Waals surface area contributed by atoms with Gasteiger partial charge in [-0.25, -0.2) is 9.97 Å². The van der Waals surface area contributed by atoms with Crippen molar-refractivity contribution in [3.05, 3.63) is 52.4 Å². The standard InChI is InChI=1S/C13H11N3S2/c17-13-16(7-6-10-4-2-1-3-5-10)12-11(18-13)8-14-9-15-12/h1-5,8-9H,6-7H2. The van der Waals surface area contributed by atoms with E-state index in [1.807, 2.05) is 12.3 Å². The van der Waals surface area contributed by atoms with Crippen molar-refractivity contribution in [2.24, 2.45) is 0 Å². The maximum atomic E-state index is 5.38. The molecule has 0 spiro atoms. The minimum atomic E-state index is 0.861. The molecule has 0 atom stereocenters. The maximum absolute atomic E-state index is 5.38. The Hall–Kier alpha value is -1.59. The van der Waals surface area contributed by atoms with Crippen molar-refractivity contribution in [2.45, 2.75) is 13.0 Å². The number of aryl methyl sites for hydroxylation is 2. The highest BCUT2D eigenvalue weighted by Gasteiger charge is 2.05. The molecule has 0 amide bonds. The zero-order chi connectivity index (χ0) is 12.4. The van der Waals surface area contributed by atoms with E-state index in [2.05, 4.69) is 38.8 Å². The van der Waals surface area contributed by atoms with Crippen LogP contribution in [0.2, 0.25) is 0 Å². The molecule has 0 saturated heterocycles. The monoisotopic (exact) mass is 273 g/mol. The van der Waals surface area contributed by atoms with Crippen LogP contribution in [0.4, 0.5) is 0 Å². The van der Waals surface area contributed by atoms with Crippen molar-refractivity contribution in [1.29, 1.82) is 0 Å². The minimum Gasteiger partial charge on any atom is -0.307 e. The Morgan fingerprint density at radius 2 is 2.06 bits per heavy atom. The SMILES string of the molecule is S=c1sc2cncnc2n1CCc1ccccc1. The molecule has 0 fully saturated rings. The maximum Gasteiger partial charge on any atom is 0.163 e. The van der Waals surface area contributed by atoms with Crippen LogP contribution in [0.1, 0.15) is 5.56 Å². The second-order valence-corrected chi connectivity index (χ2v) is 5.64. The van der Waals surface area contributed by atoms with Crippen LogP contribution in [0, 0.1) is 3.95 Å². The van der Waals surface area contributed by atoms with Crippen LogP contribution in [-0.2, 0) is 13.0 Å². The molecule has 0 N–H and O–H groups in total. The van der Waals surface area contributed by atoms with E-state index in [-0.39, 0.29) is 0 Å². The van der Waals surface area contributed by atoms with Gasteiger partial charge in [-0.2, -0.15) is 0 Å². The predicted molar refractivity (Wildman–Crippen MR) is 76.4 cm³/mol. The molecule has 0 aliphatic heterocycles. The number of hydrogen-bond acceptors (Lipinski definition) is 4. The van der Waals surface area contributed by atoms with Crippen molar-refractivity contribution in [2.75, 3.05) is 0 Å². The molecule has 0 unspecified atom stereocenters. The largest absolute Gasteiger partial charge is 0.307 e. The molecule has 3 aromatic rings. The Kier molecular flexibility index (Phi) is 3.17. The number of nitrogens with zero attached hydrogens (tertiary/aromatic N) is 3. The van der Waals surface area contributed by atoms with Crippen LogP contribution in [-0.4, -0.2) is 14.5 Å². The van der Waals surface area contributed by atoms with Gasteiger partial charge in [-0.15, -0.1) is 11.3 Å². The lowest BCUT2D eigenvalue weighted by molar-refractivity contribution is 0.712. The molecular formula is C13H11N3S2. The van der Waals surface area contributed by atoms with E-state index in [1.165, 1.54) is 5.56 Å². The van der Waals surface area contributed by atoms with Crippen molar-refractivity contribution < 1.29 is 0 Å². The number of benzene rings is 1. The fourth-order valence-corrected chi connectivity index (χ4v) is 3.19. The summed E-state index contributed by atoms with van der Waals surface area (Å²) in [5.41, 5.74) is 2.25. The molecule has 2 heterocycles. The molecule has 0 bridgehead atoms. The highest BCUT2D eigenvalue weighted by molar-refractivity contribution is 7.73. The van der Waals surface area contributed by atoms with Gasteiger partial charge in [0.2, 0.25) is 0 Å². The first-order valence-corrected chi connectivity index (χ1v) is 6.90. The zero-order valence-electron chi connectivity index (χ0n) is 9.61. The first-order chi connectivity index (χ1) is 8.84. The minimum absolute atomic E-state index is 0.861. The number of hydrogen-bond donors (Lipinski definition) is 0. The summed E-state index contributed by atoms with van der Waals surface area (Å²) in [6.07, 6.45) is 4.36. The Morgan fingerprint density at radius 1 is 1.22 bits per heavy atom. The van der Waals surface area contributed by atoms with E-state index in [4.69, 9.17) is 12.2 Å². The van der Waals surface area contributed by atoms with E-state index >= 15 is 0 Å². The van der Waals surface area contributed by atoms with Gasteiger partial charge in [-0.1, -0.05) is 30.3 Å². The van der Waals surface area contributed by atoms with Gasteiger partial charge in [0.15, 0.2) is 9.60 Å². The van der Waals surface area contributed by atoms with E-state index in [9.17, 15) is 0 Å². The Balaban J connectivity index is 1.91. The Morgan fingerprint density at radius 3 is 2.89 bits per heavy atom. The van der Waals surface area contributed by atoms with Gasteiger partial charge in [-0.05, 0) is 24.2 Å². The van der Waals surface area contributed by atoms with Crippen LogP contribution in [0.5, 0.6) is 0 Å². The third-order valence-corrected chi connectivity index (χ3v) is 4.17. The van der Waals surface area contributed by atoms with E-state index in [0.717, 1.165) is 27.3 Å². The van der Waals surface area contributed by atoms with Crippen molar-refractivity contribution in [1.82, 2.24) is 14.5 Å². The van der Waals surface area contributed by atoms with Crippen LogP contribution in [0.15, 0.2) is 42.9 Å². The highest BCUT2D eigenvalue weighted by atomic mass is 32.1. The van der Waals surface area contributed by atoms with Gasteiger partial charge in [0, 0.05) is 12.7 Å². The molecule has 0 aliphatic rings. The molecule has 1 aromatic carbocycles. The Labute approximate surface area is 114 Å². The van der Waals surface area contributed by atoms with Gasteiger partial charge in [0.1, 0.15) is 6.33 Å². The quantitative estimate of drug-likeness (QED) is 0.685. The lowest BCUT2D eigenvalue weighted by Crippen LogP contribution is -2.02. The van der Waals surface area contributed by atoms with Crippen molar-refractivity contribution in [3.8, 4) is 0 Å². The fraction of sp³-hybridized carbons (Fsp3) is 0.154. The molecule has 0 aliphatic carbocycles. The third kappa shape index (κ3) is 2.19. The van der Waals surface area contributed by atoms with E-state index < -0.39 is 0 Å². The average molecular weight is 273 g/mol. The first-order valence-electron chi connectivity index (χ1n) is 5.68. The Bertz CT molecular complexity index is 716. The molecule has 2 aromatic heterocycles. The van der Waals surface area contributed by atoms with Gasteiger partial charge >= 0.3 is 0 Å². The normalized spacial score (nSPS) is 10.9. The van der Waals surface area contributed by atoms with E-state index in [1.54, 1.807) is 17.7 Å². The summed E-state index contributed by atoms with van der Waals surface area (Å²) < 4.78 is 4.00. The fourth-order valence-electron chi connectivity index (χ4n) is 1.90. The predicted octanol–water partition coefficient (Wildman–Crippen LogP) is 3.46. The summed E-state index contributed by atoms with van der Waals surface area (Å²) in [4.78, 5) is 8.34. The lowest BCUT2D eigenvalue weighted by Gasteiger charge is -2.04. The molecule has 90 valence electrons. The van der Waals surface area contributed by atoms with Crippen LogP contribution >= 0.6 is 23.6 Å². The molecule has 5 heteroatoms. The van der Waals surface area contributed by atoms with Gasteiger partial charge in [-0.3, -0.25) is 0 Å². The summed E-state index contributed by atoms with van der Waals surface area (Å²) >= 11 is 6.95. The average Bonchev–Trinajstić information content (AvgIpc) is 2.73. The number of aromatic nitrogens is 3. The topological polar surface area (TPSA) is 30.7 Å². The second kappa shape index (κ2) is 4.96. The summed E-state index contributed by atoms with van der Waals surface area (Å²) in [5.74, 6) is 0. The number of fused-ring (bicyclic) bond motifs is 1.